The molecule has 110 valence electrons. The van der Waals surface area contributed by atoms with Gasteiger partial charge in [0.1, 0.15) is 0 Å². The van der Waals surface area contributed by atoms with Crippen molar-refractivity contribution in [1.29, 1.82) is 0 Å². The Labute approximate surface area is 118 Å². The molecule has 3 nitrogen and oxygen atoms in total. The molecule has 1 aromatic rings. The number of aromatic nitrogens is 2. The van der Waals surface area contributed by atoms with Crippen LogP contribution in [0.3, 0.4) is 0 Å². The Bertz CT molecular complexity index is 362. The van der Waals surface area contributed by atoms with E-state index in [1.165, 1.54) is 12.1 Å². The van der Waals surface area contributed by atoms with Crippen molar-refractivity contribution < 1.29 is 0 Å². The fourth-order valence-corrected chi connectivity index (χ4v) is 2.24. The maximum absolute atomic E-state index is 4.41. The van der Waals surface area contributed by atoms with Gasteiger partial charge in [-0.3, -0.25) is 4.68 Å². The molecule has 0 bridgehead atoms. The van der Waals surface area contributed by atoms with Gasteiger partial charge in [0.25, 0.3) is 0 Å². The van der Waals surface area contributed by atoms with Crippen LogP contribution < -0.4 is 5.32 Å². The van der Waals surface area contributed by atoms with Gasteiger partial charge in [-0.1, -0.05) is 34.6 Å². The molecule has 19 heavy (non-hydrogen) atoms. The molecule has 0 amide bonds. The Hall–Kier alpha value is -0.830. The van der Waals surface area contributed by atoms with Crippen LogP contribution in [-0.4, -0.2) is 16.3 Å². The standard InChI is InChI=1S/C16H31N3/c1-7-10-17-14(12-13(3)16(4,5)6)15-9-11-18-19(15)8-2/h9,11,13-14,17H,7-8,10,12H2,1-6H3. The normalized spacial score (nSPS) is 15.5. The third-order valence-corrected chi connectivity index (χ3v) is 4.11. The van der Waals surface area contributed by atoms with Gasteiger partial charge in [-0.25, -0.2) is 0 Å². The molecule has 0 saturated heterocycles. The third-order valence-electron chi connectivity index (χ3n) is 4.11. The Balaban J connectivity index is 2.83. The van der Waals surface area contributed by atoms with E-state index in [9.17, 15) is 0 Å². The van der Waals surface area contributed by atoms with Crippen LogP contribution in [0.2, 0.25) is 0 Å². The van der Waals surface area contributed by atoms with Gasteiger partial charge in [-0.05, 0) is 43.7 Å². The molecule has 3 heteroatoms. The molecule has 0 spiro atoms. The van der Waals surface area contributed by atoms with Gasteiger partial charge in [-0.15, -0.1) is 0 Å². The highest BCUT2D eigenvalue weighted by Crippen LogP contribution is 2.33. The molecule has 0 saturated carbocycles. The predicted molar refractivity (Wildman–Crippen MR) is 82.2 cm³/mol. The van der Waals surface area contributed by atoms with Gasteiger partial charge < -0.3 is 5.32 Å². The molecule has 0 radical (unpaired) electrons. The largest absolute Gasteiger partial charge is 0.309 e. The van der Waals surface area contributed by atoms with Crippen LogP contribution in [0.25, 0.3) is 0 Å². The number of rotatable bonds is 7. The number of nitrogens with zero attached hydrogens (tertiary/aromatic N) is 2. The fourth-order valence-electron chi connectivity index (χ4n) is 2.24. The van der Waals surface area contributed by atoms with Crippen LogP contribution >= 0.6 is 0 Å². The average molecular weight is 265 g/mol. The van der Waals surface area contributed by atoms with Crippen molar-refractivity contribution in [1.82, 2.24) is 15.1 Å². The first-order chi connectivity index (χ1) is 8.90. The Morgan fingerprint density at radius 2 is 2.00 bits per heavy atom. The van der Waals surface area contributed by atoms with E-state index in [1.807, 2.05) is 6.20 Å². The molecule has 1 heterocycles. The number of hydrogen-bond acceptors (Lipinski definition) is 2. The maximum atomic E-state index is 4.41. The van der Waals surface area contributed by atoms with E-state index in [0.717, 1.165) is 19.5 Å². The molecule has 0 aromatic carbocycles. The predicted octanol–water partition coefficient (Wildman–Crippen LogP) is 4.02. The van der Waals surface area contributed by atoms with E-state index in [0.29, 0.717) is 17.4 Å². The molecule has 0 fully saturated rings. The molecule has 2 unspecified atom stereocenters. The van der Waals surface area contributed by atoms with Crippen LogP contribution in [0, 0.1) is 11.3 Å². The van der Waals surface area contributed by atoms with Gasteiger partial charge in [0.15, 0.2) is 0 Å². The highest BCUT2D eigenvalue weighted by atomic mass is 15.3. The lowest BCUT2D eigenvalue weighted by Crippen LogP contribution is -2.29. The van der Waals surface area contributed by atoms with Crippen molar-refractivity contribution in [3.63, 3.8) is 0 Å². The van der Waals surface area contributed by atoms with E-state index >= 15 is 0 Å². The van der Waals surface area contributed by atoms with E-state index in [-0.39, 0.29) is 0 Å². The first-order valence-electron chi connectivity index (χ1n) is 7.65. The van der Waals surface area contributed by atoms with Crippen LogP contribution in [0.1, 0.15) is 66.1 Å². The van der Waals surface area contributed by atoms with Crippen molar-refractivity contribution in [2.24, 2.45) is 11.3 Å². The average Bonchev–Trinajstić information content (AvgIpc) is 2.81. The molecule has 1 rings (SSSR count). The smallest absolute Gasteiger partial charge is 0.0553 e. The zero-order valence-electron chi connectivity index (χ0n) is 13.5. The molecular weight excluding hydrogens is 234 g/mol. The summed E-state index contributed by atoms with van der Waals surface area (Å²) in [7, 11) is 0. The highest BCUT2D eigenvalue weighted by Gasteiger charge is 2.25. The summed E-state index contributed by atoms with van der Waals surface area (Å²) in [6.07, 6.45) is 4.25. The lowest BCUT2D eigenvalue weighted by atomic mass is 9.78. The molecule has 0 aliphatic heterocycles. The fraction of sp³-hybridized carbons (Fsp3) is 0.812. The summed E-state index contributed by atoms with van der Waals surface area (Å²) in [5, 5.41) is 8.10. The molecular formula is C16H31N3. The summed E-state index contributed by atoms with van der Waals surface area (Å²) in [6.45, 7) is 15.7. The number of nitrogens with one attached hydrogen (secondary N) is 1. The van der Waals surface area contributed by atoms with Crippen LogP contribution in [-0.2, 0) is 6.54 Å². The highest BCUT2D eigenvalue weighted by molar-refractivity contribution is 5.07. The first-order valence-corrected chi connectivity index (χ1v) is 7.65. The zero-order chi connectivity index (χ0) is 14.5. The minimum atomic E-state index is 0.350. The Morgan fingerprint density at radius 1 is 1.32 bits per heavy atom. The molecule has 0 aliphatic rings. The molecule has 0 aliphatic carbocycles. The van der Waals surface area contributed by atoms with Crippen LogP contribution in [0.4, 0.5) is 0 Å². The topological polar surface area (TPSA) is 29.9 Å². The second-order valence-corrected chi connectivity index (χ2v) is 6.58. The monoisotopic (exact) mass is 265 g/mol. The van der Waals surface area contributed by atoms with Crippen molar-refractivity contribution >= 4 is 0 Å². The van der Waals surface area contributed by atoms with Gasteiger partial charge in [-0.2, -0.15) is 5.10 Å². The van der Waals surface area contributed by atoms with E-state index in [4.69, 9.17) is 0 Å². The lowest BCUT2D eigenvalue weighted by molar-refractivity contribution is 0.220. The Morgan fingerprint density at radius 3 is 2.53 bits per heavy atom. The minimum absolute atomic E-state index is 0.350. The van der Waals surface area contributed by atoms with Crippen LogP contribution in [0.5, 0.6) is 0 Å². The van der Waals surface area contributed by atoms with Crippen LogP contribution in [0.15, 0.2) is 12.3 Å². The van der Waals surface area contributed by atoms with Crippen molar-refractivity contribution in [3.05, 3.63) is 18.0 Å². The SMILES string of the molecule is CCCNC(CC(C)C(C)(C)C)c1ccnn1CC. The van der Waals surface area contributed by atoms with Gasteiger partial charge >= 0.3 is 0 Å². The number of aryl methyl sites for hydroxylation is 1. The molecule has 1 N–H and O–H groups in total. The maximum Gasteiger partial charge on any atom is 0.0553 e. The summed E-state index contributed by atoms with van der Waals surface area (Å²) in [6, 6.07) is 2.57. The second kappa shape index (κ2) is 7.09. The zero-order valence-corrected chi connectivity index (χ0v) is 13.5. The van der Waals surface area contributed by atoms with E-state index in [1.54, 1.807) is 0 Å². The van der Waals surface area contributed by atoms with Crippen molar-refractivity contribution in [2.45, 2.75) is 67.0 Å². The molecule has 2 atom stereocenters. The summed E-state index contributed by atoms with van der Waals surface area (Å²) in [5.74, 6) is 0.669. The summed E-state index contributed by atoms with van der Waals surface area (Å²) < 4.78 is 2.11. The van der Waals surface area contributed by atoms with Crippen molar-refractivity contribution in [3.8, 4) is 0 Å². The van der Waals surface area contributed by atoms with Gasteiger partial charge in [0.05, 0.1) is 5.69 Å². The third kappa shape index (κ3) is 4.64. The van der Waals surface area contributed by atoms with Gasteiger partial charge in [0.2, 0.25) is 0 Å². The summed E-state index contributed by atoms with van der Waals surface area (Å²) >= 11 is 0. The summed E-state index contributed by atoms with van der Waals surface area (Å²) in [4.78, 5) is 0. The number of hydrogen-bond donors (Lipinski definition) is 1. The first kappa shape index (κ1) is 16.2. The van der Waals surface area contributed by atoms with E-state index < -0.39 is 0 Å². The van der Waals surface area contributed by atoms with Crippen molar-refractivity contribution in [2.75, 3.05) is 6.54 Å². The Kier molecular flexibility index (Phi) is 6.05. The quantitative estimate of drug-likeness (QED) is 0.807. The van der Waals surface area contributed by atoms with Gasteiger partial charge in [0, 0.05) is 18.8 Å². The minimum Gasteiger partial charge on any atom is -0.309 e. The summed E-state index contributed by atoms with van der Waals surface area (Å²) in [5.41, 5.74) is 1.68. The lowest BCUT2D eigenvalue weighted by Gasteiger charge is -2.31. The van der Waals surface area contributed by atoms with E-state index in [2.05, 4.69) is 62.7 Å². The second-order valence-electron chi connectivity index (χ2n) is 6.58. The molecule has 1 aromatic heterocycles.